The molecule has 0 unspecified atom stereocenters. The monoisotopic (exact) mass is 345 g/mol. The number of rotatable bonds is 5. The highest BCUT2D eigenvalue weighted by atomic mass is 16.2. The third-order valence-corrected chi connectivity index (χ3v) is 5.77. The molecule has 0 bridgehead atoms. The molecule has 25 heavy (non-hydrogen) atoms. The molecule has 3 heterocycles. The van der Waals surface area contributed by atoms with Gasteiger partial charge in [-0.25, -0.2) is 4.98 Å². The molecule has 3 fully saturated rings. The van der Waals surface area contributed by atoms with Crippen molar-refractivity contribution in [3.05, 3.63) is 18.2 Å². The second kappa shape index (κ2) is 6.44. The van der Waals surface area contributed by atoms with Crippen LogP contribution in [-0.2, 0) is 16.6 Å². The lowest BCUT2D eigenvalue weighted by molar-refractivity contribution is -0.135. The summed E-state index contributed by atoms with van der Waals surface area (Å²) < 4.78 is 1.93. The molecular weight excluding hydrogens is 318 g/mol. The predicted octanol–water partition coefficient (Wildman–Crippen LogP) is 0.494. The molecule has 0 aromatic carbocycles. The van der Waals surface area contributed by atoms with Crippen molar-refractivity contribution in [1.82, 2.24) is 24.3 Å². The van der Waals surface area contributed by atoms with Crippen LogP contribution in [-0.4, -0.2) is 75.5 Å². The van der Waals surface area contributed by atoms with E-state index in [9.17, 15) is 9.59 Å². The topological polar surface area (TPSA) is 61.7 Å². The Morgan fingerprint density at radius 3 is 2.76 bits per heavy atom. The first kappa shape index (κ1) is 16.6. The number of hydrogen-bond donors (Lipinski definition) is 0. The van der Waals surface area contributed by atoms with Gasteiger partial charge in [0.2, 0.25) is 11.8 Å². The van der Waals surface area contributed by atoms with E-state index in [0.717, 1.165) is 31.9 Å². The Balaban J connectivity index is 1.48. The van der Waals surface area contributed by atoms with E-state index in [4.69, 9.17) is 0 Å². The Morgan fingerprint density at radius 2 is 2.12 bits per heavy atom. The summed E-state index contributed by atoms with van der Waals surface area (Å²) in [7, 11) is 1.95. The van der Waals surface area contributed by atoms with E-state index < -0.39 is 0 Å². The molecule has 3 aliphatic rings. The molecule has 7 nitrogen and oxygen atoms in total. The lowest BCUT2D eigenvalue weighted by Gasteiger charge is -2.23. The zero-order chi connectivity index (χ0) is 17.6. The molecule has 0 N–H and O–H groups in total. The number of carbonyl (C=O) groups excluding carboxylic acids is 2. The predicted molar refractivity (Wildman–Crippen MR) is 92.6 cm³/mol. The Bertz CT molecular complexity index is 668. The Morgan fingerprint density at radius 1 is 1.32 bits per heavy atom. The van der Waals surface area contributed by atoms with E-state index in [1.54, 1.807) is 11.2 Å². The van der Waals surface area contributed by atoms with Crippen LogP contribution in [0.5, 0.6) is 0 Å². The lowest BCUT2D eigenvalue weighted by atomic mass is 9.92. The SMILES string of the molecule is CCN1C[C@@H](C(=O)N2CC(=O)N(CC3CC3)C2)[C@H](c2cn(C)cn2)C1. The van der Waals surface area contributed by atoms with Crippen LogP contribution < -0.4 is 0 Å². The van der Waals surface area contributed by atoms with Crippen LogP contribution in [0.4, 0.5) is 0 Å². The van der Waals surface area contributed by atoms with Crippen molar-refractivity contribution in [3.63, 3.8) is 0 Å². The number of aromatic nitrogens is 2. The van der Waals surface area contributed by atoms with Crippen molar-refractivity contribution in [2.45, 2.75) is 25.7 Å². The van der Waals surface area contributed by atoms with Crippen molar-refractivity contribution < 1.29 is 9.59 Å². The van der Waals surface area contributed by atoms with E-state index in [1.807, 2.05) is 22.7 Å². The quantitative estimate of drug-likeness (QED) is 0.779. The molecule has 2 aliphatic heterocycles. The summed E-state index contributed by atoms with van der Waals surface area (Å²) in [6, 6.07) is 0. The van der Waals surface area contributed by atoms with Gasteiger partial charge in [-0.15, -0.1) is 0 Å². The second-order valence-corrected chi connectivity index (χ2v) is 7.77. The first-order valence-corrected chi connectivity index (χ1v) is 9.32. The van der Waals surface area contributed by atoms with Gasteiger partial charge in [0.1, 0.15) is 6.54 Å². The number of likely N-dealkylation sites (tertiary alicyclic amines) is 1. The molecule has 136 valence electrons. The Labute approximate surface area is 148 Å². The summed E-state index contributed by atoms with van der Waals surface area (Å²) in [5.74, 6) is 0.866. The fourth-order valence-corrected chi connectivity index (χ4v) is 4.07. The van der Waals surface area contributed by atoms with E-state index in [0.29, 0.717) is 12.6 Å². The first-order chi connectivity index (χ1) is 12.0. The van der Waals surface area contributed by atoms with E-state index >= 15 is 0 Å². The molecule has 1 saturated carbocycles. The average molecular weight is 345 g/mol. The van der Waals surface area contributed by atoms with Crippen LogP contribution in [0.15, 0.2) is 12.5 Å². The Kier molecular flexibility index (Phi) is 4.27. The van der Waals surface area contributed by atoms with Gasteiger partial charge in [0, 0.05) is 38.8 Å². The highest BCUT2D eigenvalue weighted by Gasteiger charge is 2.43. The number of imidazole rings is 1. The minimum atomic E-state index is -0.108. The number of likely N-dealkylation sites (N-methyl/N-ethyl adjacent to an activating group) is 1. The van der Waals surface area contributed by atoms with Gasteiger partial charge in [0.05, 0.1) is 24.6 Å². The minimum Gasteiger partial charge on any atom is -0.340 e. The molecule has 2 amide bonds. The highest BCUT2D eigenvalue weighted by Crippen LogP contribution is 2.34. The fourth-order valence-electron chi connectivity index (χ4n) is 4.07. The summed E-state index contributed by atoms with van der Waals surface area (Å²) in [4.78, 5) is 35.8. The van der Waals surface area contributed by atoms with Crippen LogP contribution in [0.2, 0.25) is 0 Å². The first-order valence-electron chi connectivity index (χ1n) is 9.32. The van der Waals surface area contributed by atoms with E-state index in [1.165, 1.54) is 12.8 Å². The maximum Gasteiger partial charge on any atom is 0.243 e. The van der Waals surface area contributed by atoms with Gasteiger partial charge in [-0.1, -0.05) is 6.92 Å². The van der Waals surface area contributed by atoms with Gasteiger partial charge in [0.15, 0.2) is 0 Å². The van der Waals surface area contributed by atoms with E-state index in [-0.39, 0.29) is 30.2 Å². The molecule has 7 heteroatoms. The molecule has 2 saturated heterocycles. The van der Waals surface area contributed by atoms with E-state index in [2.05, 4.69) is 16.8 Å². The maximum atomic E-state index is 13.2. The number of hydrogen-bond acceptors (Lipinski definition) is 4. The van der Waals surface area contributed by atoms with Crippen molar-refractivity contribution >= 4 is 11.8 Å². The van der Waals surface area contributed by atoms with Gasteiger partial charge >= 0.3 is 0 Å². The largest absolute Gasteiger partial charge is 0.340 e. The van der Waals surface area contributed by atoms with Crippen molar-refractivity contribution in [2.75, 3.05) is 39.4 Å². The normalized spacial score (nSPS) is 27.5. The van der Waals surface area contributed by atoms with Crippen LogP contribution in [0.3, 0.4) is 0 Å². The molecular formula is C18H27N5O2. The summed E-state index contributed by atoms with van der Waals surface area (Å²) in [5, 5.41) is 0. The van der Waals surface area contributed by atoms with Crippen molar-refractivity contribution in [3.8, 4) is 0 Å². The molecule has 1 aromatic rings. The molecule has 0 radical (unpaired) electrons. The van der Waals surface area contributed by atoms with Crippen LogP contribution in [0.25, 0.3) is 0 Å². The summed E-state index contributed by atoms with van der Waals surface area (Å²) in [5.41, 5.74) is 0.983. The van der Waals surface area contributed by atoms with Gasteiger partial charge in [0.25, 0.3) is 0 Å². The van der Waals surface area contributed by atoms with Crippen molar-refractivity contribution in [2.24, 2.45) is 18.9 Å². The van der Waals surface area contributed by atoms with Gasteiger partial charge < -0.3 is 19.3 Å². The standard InChI is InChI=1S/C18H27N5O2/c1-3-21-7-14(16-9-20(2)11-19-16)15(8-21)18(25)23-10-17(24)22(12-23)6-13-4-5-13/h9,11,13-15H,3-8,10,12H2,1-2H3/t14-,15-/m1/s1. The third-order valence-electron chi connectivity index (χ3n) is 5.77. The fraction of sp³-hybridized carbons (Fsp3) is 0.722. The maximum absolute atomic E-state index is 13.2. The number of amides is 2. The molecule has 1 aliphatic carbocycles. The van der Waals surface area contributed by atoms with Crippen LogP contribution in [0, 0.1) is 11.8 Å². The molecule has 1 aromatic heterocycles. The minimum absolute atomic E-state index is 0.0972. The summed E-state index contributed by atoms with van der Waals surface area (Å²) in [6.07, 6.45) is 6.24. The number of nitrogens with zero attached hydrogens (tertiary/aromatic N) is 5. The summed E-state index contributed by atoms with van der Waals surface area (Å²) in [6.45, 7) is 6.19. The second-order valence-electron chi connectivity index (χ2n) is 7.77. The molecule has 0 spiro atoms. The highest BCUT2D eigenvalue weighted by molar-refractivity contribution is 5.89. The number of aryl methyl sites for hydroxylation is 1. The average Bonchev–Trinajstić information content (AvgIpc) is 2.98. The molecule has 2 atom stereocenters. The zero-order valence-corrected chi connectivity index (χ0v) is 15.1. The van der Waals surface area contributed by atoms with Crippen LogP contribution in [0.1, 0.15) is 31.4 Å². The summed E-state index contributed by atoms with van der Waals surface area (Å²) >= 11 is 0. The van der Waals surface area contributed by atoms with Gasteiger partial charge in [-0.3, -0.25) is 9.59 Å². The third kappa shape index (κ3) is 3.29. The zero-order valence-electron chi connectivity index (χ0n) is 15.1. The Hall–Kier alpha value is -1.89. The lowest BCUT2D eigenvalue weighted by Crippen LogP contribution is -2.39. The van der Waals surface area contributed by atoms with Gasteiger partial charge in [-0.2, -0.15) is 0 Å². The van der Waals surface area contributed by atoms with Crippen LogP contribution >= 0.6 is 0 Å². The van der Waals surface area contributed by atoms with Crippen molar-refractivity contribution in [1.29, 1.82) is 0 Å². The van der Waals surface area contributed by atoms with Gasteiger partial charge in [-0.05, 0) is 25.3 Å². The smallest absolute Gasteiger partial charge is 0.243 e. The molecule has 4 rings (SSSR count). The number of carbonyl (C=O) groups is 2.